The van der Waals surface area contributed by atoms with Crippen LogP contribution >= 0.6 is 7.60 Å². The summed E-state index contributed by atoms with van der Waals surface area (Å²) in [6, 6.07) is 6.01. The zero-order valence-corrected chi connectivity index (χ0v) is 20.1. The fourth-order valence-electron chi connectivity index (χ4n) is 4.34. The second-order valence-electron chi connectivity index (χ2n) is 8.35. The van der Waals surface area contributed by atoms with Crippen LogP contribution in [0.3, 0.4) is 0 Å². The molecule has 0 bridgehead atoms. The van der Waals surface area contributed by atoms with Gasteiger partial charge in [-0.1, -0.05) is 18.2 Å². The molecule has 1 atom stereocenters. The molecule has 2 saturated heterocycles. The molecule has 1 unspecified atom stereocenters. The van der Waals surface area contributed by atoms with Gasteiger partial charge in [-0.15, -0.1) is 0 Å². The van der Waals surface area contributed by atoms with E-state index in [-0.39, 0.29) is 42.0 Å². The van der Waals surface area contributed by atoms with Gasteiger partial charge in [-0.25, -0.2) is 4.79 Å². The lowest BCUT2D eigenvalue weighted by Crippen LogP contribution is -2.36. The summed E-state index contributed by atoms with van der Waals surface area (Å²) in [5.41, 5.74) is 0.885. The van der Waals surface area contributed by atoms with Gasteiger partial charge in [0.15, 0.2) is 5.79 Å². The van der Waals surface area contributed by atoms with Gasteiger partial charge >= 0.3 is 13.6 Å². The van der Waals surface area contributed by atoms with E-state index < -0.39 is 30.2 Å². The number of nitro groups is 1. The van der Waals surface area contributed by atoms with E-state index >= 15 is 0 Å². The Morgan fingerprint density at radius 3 is 2.47 bits per heavy atom. The molecule has 4 rings (SSSR count). The van der Waals surface area contributed by atoms with Crippen LogP contribution in [0.2, 0.25) is 0 Å². The lowest BCUT2D eigenvalue weighted by Gasteiger charge is -2.35. The van der Waals surface area contributed by atoms with Crippen LogP contribution in [0.15, 0.2) is 46.5 Å². The number of dihydropyridines is 1. The Kier molecular flexibility index (Phi) is 6.93. The molecule has 0 spiro atoms. The number of esters is 1. The summed E-state index contributed by atoms with van der Waals surface area (Å²) in [7, 11) is -3.87. The first-order chi connectivity index (χ1) is 16.2. The summed E-state index contributed by atoms with van der Waals surface area (Å²) in [4.78, 5) is 24.8. The molecule has 1 aromatic rings. The Morgan fingerprint density at radius 1 is 1.18 bits per heavy atom. The summed E-state index contributed by atoms with van der Waals surface area (Å²) in [6.07, 6.45) is 0.558. The fourth-order valence-corrected chi connectivity index (χ4v) is 6.48. The molecule has 12 heteroatoms. The first-order valence-electron chi connectivity index (χ1n) is 10.9. The van der Waals surface area contributed by atoms with Gasteiger partial charge in [0.05, 0.1) is 48.2 Å². The van der Waals surface area contributed by atoms with Crippen LogP contribution in [0.25, 0.3) is 0 Å². The number of hydrogen-bond acceptors (Lipinski definition) is 10. The fraction of sp³-hybridized carbons (Fsp3) is 0.500. The van der Waals surface area contributed by atoms with Crippen LogP contribution < -0.4 is 5.32 Å². The summed E-state index contributed by atoms with van der Waals surface area (Å²) < 4.78 is 41.6. The van der Waals surface area contributed by atoms with Crippen molar-refractivity contribution in [3.63, 3.8) is 0 Å². The van der Waals surface area contributed by atoms with E-state index in [1.165, 1.54) is 18.2 Å². The smallest absolute Gasteiger partial charge is 0.360 e. The number of nitrogens with one attached hydrogen (secondary N) is 1. The summed E-state index contributed by atoms with van der Waals surface area (Å²) in [6.45, 7) is 5.95. The molecule has 11 nitrogen and oxygen atoms in total. The molecular weight excluding hydrogens is 467 g/mol. The third kappa shape index (κ3) is 4.67. The predicted octanol–water partition coefficient (Wildman–Crippen LogP) is 3.72. The Hall–Kier alpha value is -2.56. The van der Waals surface area contributed by atoms with Crippen molar-refractivity contribution in [3.05, 3.63) is 62.2 Å². The zero-order chi connectivity index (χ0) is 24.5. The quantitative estimate of drug-likeness (QED) is 0.270. The van der Waals surface area contributed by atoms with E-state index in [4.69, 9.17) is 23.3 Å². The lowest BCUT2D eigenvalue weighted by atomic mass is 9.85. The number of allylic oxidation sites excluding steroid dienone is 3. The Labute approximate surface area is 196 Å². The molecule has 1 N–H and O–H groups in total. The number of carbonyl (C=O) groups is 1. The first kappa shape index (κ1) is 24.6. The molecule has 0 amide bonds. The van der Waals surface area contributed by atoms with E-state index in [0.717, 1.165) is 0 Å². The van der Waals surface area contributed by atoms with Crippen LogP contribution in [-0.2, 0) is 32.6 Å². The van der Waals surface area contributed by atoms with Crippen LogP contribution in [0, 0.1) is 10.1 Å². The maximum Gasteiger partial charge on any atom is 0.360 e. The van der Waals surface area contributed by atoms with Gasteiger partial charge < -0.3 is 28.6 Å². The van der Waals surface area contributed by atoms with E-state index in [1.807, 2.05) is 0 Å². The van der Waals surface area contributed by atoms with Crippen molar-refractivity contribution in [2.75, 3.05) is 33.0 Å². The summed E-state index contributed by atoms with van der Waals surface area (Å²) >= 11 is 0. The number of carbonyl (C=O) groups excluding carboxylic acids is 1. The molecule has 0 aromatic heterocycles. The normalized spacial score (nSPS) is 24.0. The minimum atomic E-state index is -3.87. The average molecular weight is 494 g/mol. The zero-order valence-electron chi connectivity index (χ0n) is 19.2. The molecule has 3 aliphatic heterocycles. The second-order valence-corrected chi connectivity index (χ2v) is 10.3. The number of nitro benzene ring substituents is 1. The number of ether oxygens (including phenoxy) is 3. The number of rotatable bonds is 6. The van der Waals surface area contributed by atoms with E-state index in [1.54, 1.807) is 26.8 Å². The number of hydrogen-bond donors (Lipinski definition) is 1. The predicted molar refractivity (Wildman–Crippen MR) is 120 cm³/mol. The van der Waals surface area contributed by atoms with E-state index in [9.17, 15) is 19.5 Å². The van der Waals surface area contributed by atoms with Crippen LogP contribution in [-0.4, -0.2) is 49.7 Å². The largest absolute Gasteiger partial charge is 0.457 e. The van der Waals surface area contributed by atoms with Crippen molar-refractivity contribution in [2.24, 2.45) is 0 Å². The molecular formula is C22H27N2O9P. The van der Waals surface area contributed by atoms with E-state index in [2.05, 4.69) is 5.32 Å². The highest BCUT2D eigenvalue weighted by molar-refractivity contribution is 7.58. The van der Waals surface area contributed by atoms with Gasteiger partial charge in [-0.3, -0.25) is 14.7 Å². The van der Waals surface area contributed by atoms with Crippen molar-refractivity contribution >= 4 is 19.3 Å². The highest BCUT2D eigenvalue weighted by atomic mass is 31.2. The molecule has 0 saturated carbocycles. The molecule has 0 radical (unpaired) electrons. The molecule has 34 heavy (non-hydrogen) atoms. The number of para-hydroxylation sites is 1. The average Bonchev–Trinajstić information content (AvgIpc) is 3.24. The summed E-state index contributed by atoms with van der Waals surface area (Å²) in [5.74, 6) is -2.92. The van der Waals surface area contributed by atoms with Crippen molar-refractivity contribution in [3.8, 4) is 0 Å². The van der Waals surface area contributed by atoms with Gasteiger partial charge in [-0.05, 0) is 27.2 Å². The SMILES string of the molecule is CC1=C(C(=O)OCC2(C)OCCO2)C(c2ccccc2[N+](=O)[O-])C(P2(=O)OCCCO2)=C(C)N1. The topological polar surface area (TPSA) is 135 Å². The monoisotopic (exact) mass is 494 g/mol. The minimum absolute atomic E-state index is 0.0736. The van der Waals surface area contributed by atoms with Crippen molar-refractivity contribution in [2.45, 2.75) is 38.9 Å². The summed E-state index contributed by atoms with van der Waals surface area (Å²) in [5, 5.41) is 15.1. The number of nitrogens with zero attached hydrogens (tertiary/aromatic N) is 1. The van der Waals surface area contributed by atoms with Crippen molar-refractivity contribution < 1.29 is 37.5 Å². The molecule has 1 aromatic carbocycles. The van der Waals surface area contributed by atoms with Crippen LogP contribution in [0.4, 0.5) is 5.69 Å². The van der Waals surface area contributed by atoms with Crippen LogP contribution in [0.1, 0.15) is 38.7 Å². The highest BCUT2D eigenvalue weighted by Gasteiger charge is 2.48. The molecule has 0 aliphatic carbocycles. The maximum absolute atomic E-state index is 13.8. The van der Waals surface area contributed by atoms with Gasteiger partial charge in [0.2, 0.25) is 0 Å². The molecule has 2 fully saturated rings. The third-order valence-corrected chi connectivity index (χ3v) is 8.09. The van der Waals surface area contributed by atoms with Crippen LogP contribution in [0.5, 0.6) is 0 Å². The molecule has 3 aliphatic rings. The first-order valence-corrected chi connectivity index (χ1v) is 12.5. The molecule has 184 valence electrons. The molecule has 3 heterocycles. The Morgan fingerprint density at radius 2 is 1.82 bits per heavy atom. The minimum Gasteiger partial charge on any atom is -0.457 e. The van der Waals surface area contributed by atoms with Gasteiger partial charge in [-0.2, -0.15) is 0 Å². The standard InChI is InChI=1S/C22H27N2O9P/c1-14-18(21(25)29-13-22(3)30-11-12-31-22)19(16-7-4-5-8-17(16)24(26)27)20(15(2)23-14)34(28)32-9-6-10-33-34/h4-5,7-8,19,23H,6,9-13H2,1-3H3. The van der Waals surface area contributed by atoms with Gasteiger partial charge in [0.1, 0.15) is 6.61 Å². The van der Waals surface area contributed by atoms with Crippen molar-refractivity contribution in [1.29, 1.82) is 0 Å². The van der Waals surface area contributed by atoms with Gasteiger partial charge in [0.25, 0.3) is 5.69 Å². The Balaban J connectivity index is 1.80. The van der Waals surface area contributed by atoms with Gasteiger partial charge in [0, 0.05) is 23.0 Å². The Bertz CT molecular complexity index is 1100. The maximum atomic E-state index is 13.8. The lowest BCUT2D eigenvalue weighted by molar-refractivity contribution is -0.385. The van der Waals surface area contributed by atoms with Crippen molar-refractivity contribution in [1.82, 2.24) is 5.32 Å². The van der Waals surface area contributed by atoms with E-state index in [0.29, 0.717) is 31.0 Å². The number of benzene rings is 1. The third-order valence-electron chi connectivity index (χ3n) is 5.86. The highest BCUT2D eigenvalue weighted by Crippen LogP contribution is 2.65. The second kappa shape index (κ2) is 9.59.